The van der Waals surface area contributed by atoms with Gasteiger partial charge in [-0.2, -0.15) is 0 Å². The van der Waals surface area contributed by atoms with E-state index in [2.05, 4.69) is 11.8 Å². The van der Waals surface area contributed by atoms with E-state index in [1.165, 1.54) is 18.9 Å². The molecule has 2 rings (SSSR count). The number of anilines is 1. The maximum atomic E-state index is 14.1. The zero-order chi connectivity index (χ0) is 13.1. The molecule has 3 heteroatoms. The topological polar surface area (TPSA) is 23.5 Å². The highest BCUT2D eigenvalue weighted by molar-refractivity contribution is 5.50. The summed E-state index contributed by atoms with van der Waals surface area (Å²) in [6.45, 7) is 4.55. The molecule has 1 saturated carbocycles. The summed E-state index contributed by atoms with van der Waals surface area (Å²) in [5.41, 5.74) is 1.31. The minimum atomic E-state index is -0.616. The summed E-state index contributed by atoms with van der Waals surface area (Å²) in [7, 11) is 0. The fraction of sp³-hybridized carbons (Fsp3) is 0.600. The first-order valence-corrected chi connectivity index (χ1v) is 6.87. The van der Waals surface area contributed by atoms with E-state index in [-0.39, 0.29) is 5.82 Å². The third-order valence-electron chi connectivity index (χ3n) is 3.87. The molecule has 0 spiro atoms. The average Bonchev–Trinajstić information content (AvgIpc) is 2.85. The Morgan fingerprint density at radius 2 is 2.06 bits per heavy atom. The molecule has 0 saturated heterocycles. The van der Waals surface area contributed by atoms with Crippen molar-refractivity contribution in [3.8, 4) is 0 Å². The van der Waals surface area contributed by atoms with Gasteiger partial charge in [-0.25, -0.2) is 4.39 Å². The van der Waals surface area contributed by atoms with Gasteiger partial charge in [0.15, 0.2) is 0 Å². The lowest BCUT2D eigenvalue weighted by Gasteiger charge is -2.30. The van der Waals surface area contributed by atoms with Gasteiger partial charge in [0, 0.05) is 12.6 Å². The second-order valence-electron chi connectivity index (χ2n) is 5.11. The highest BCUT2D eigenvalue weighted by Gasteiger charge is 2.23. The highest BCUT2D eigenvalue weighted by atomic mass is 19.1. The van der Waals surface area contributed by atoms with Crippen LogP contribution < -0.4 is 4.90 Å². The molecular formula is C15H22FNO. The second-order valence-corrected chi connectivity index (χ2v) is 5.11. The molecule has 0 radical (unpaired) electrons. The van der Waals surface area contributed by atoms with E-state index in [1.54, 1.807) is 13.0 Å². The fourth-order valence-electron chi connectivity index (χ4n) is 2.86. The standard InChI is InChI=1S/C15H22FNO/c1-3-17(13-6-4-5-7-13)15-9-8-12(11(2)18)10-14(15)16/h8-11,13,18H,3-7H2,1-2H3/t11-/m0/s1. The van der Waals surface area contributed by atoms with Crippen molar-refractivity contribution in [2.45, 2.75) is 51.7 Å². The molecule has 0 amide bonds. The van der Waals surface area contributed by atoms with Gasteiger partial charge in [-0.15, -0.1) is 0 Å². The number of rotatable bonds is 4. The third kappa shape index (κ3) is 2.66. The molecule has 1 atom stereocenters. The number of nitrogens with zero attached hydrogens (tertiary/aromatic N) is 1. The number of halogens is 1. The monoisotopic (exact) mass is 251 g/mol. The normalized spacial score (nSPS) is 18.0. The molecule has 1 fully saturated rings. The SMILES string of the molecule is CCN(c1ccc([C@H](C)O)cc1F)C1CCCC1. The first kappa shape index (κ1) is 13.3. The highest BCUT2D eigenvalue weighted by Crippen LogP contribution is 2.30. The minimum absolute atomic E-state index is 0.220. The smallest absolute Gasteiger partial charge is 0.146 e. The lowest BCUT2D eigenvalue weighted by molar-refractivity contribution is 0.199. The Kier molecular flexibility index (Phi) is 4.23. The Labute approximate surface area is 108 Å². The molecule has 0 bridgehead atoms. The van der Waals surface area contributed by atoms with Crippen molar-refractivity contribution in [3.63, 3.8) is 0 Å². The molecular weight excluding hydrogens is 229 g/mol. The zero-order valence-corrected chi connectivity index (χ0v) is 11.2. The van der Waals surface area contributed by atoms with Gasteiger partial charge in [-0.3, -0.25) is 0 Å². The van der Waals surface area contributed by atoms with Crippen molar-refractivity contribution >= 4 is 5.69 Å². The van der Waals surface area contributed by atoms with Gasteiger partial charge in [0.05, 0.1) is 11.8 Å². The van der Waals surface area contributed by atoms with Gasteiger partial charge < -0.3 is 10.0 Å². The van der Waals surface area contributed by atoms with Crippen molar-refractivity contribution in [2.24, 2.45) is 0 Å². The summed E-state index contributed by atoms with van der Waals surface area (Å²) in [4.78, 5) is 2.16. The molecule has 1 aromatic carbocycles. The molecule has 0 unspecified atom stereocenters. The molecule has 1 aliphatic rings. The second kappa shape index (κ2) is 5.70. The maximum Gasteiger partial charge on any atom is 0.146 e. The van der Waals surface area contributed by atoms with Crippen LogP contribution in [0.5, 0.6) is 0 Å². The van der Waals surface area contributed by atoms with Crippen LogP contribution in [0.1, 0.15) is 51.2 Å². The maximum absolute atomic E-state index is 14.1. The Hall–Kier alpha value is -1.09. The van der Waals surface area contributed by atoms with Crippen LogP contribution in [0.2, 0.25) is 0 Å². The Bertz CT molecular complexity index is 399. The van der Waals surface area contributed by atoms with Crippen LogP contribution in [0.4, 0.5) is 10.1 Å². The lowest BCUT2D eigenvalue weighted by Crippen LogP contribution is -2.33. The number of hydrogen-bond donors (Lipinski definition) is 1. The molecule has 2 nitrogen and oxygen atoms in total. The molecule has 1 N–H and O–H groups in total. The van der Waals surface area contributed by atoms with Crippen molar-refractivity contribution in [3.05, 3.63) is 29.6 Å². The first-order valence-electron chi connectivity index (χ1n) is 6.87. The first-order chi connectivity index (χ1) is 8.63. The van der Waals surface area contributed by atoms with Gasteiger partial charge >= 0.3 is 0 Å². The predicted molar refractivity (Wildman–Crippen MR) is 72.3 cm³/mol. The summed E-state index contributed by atoms with van der Waals surface area (Å²) in [6.07, 6.45) is 4.19. The Balaban J connectivity index is 2.25. The van der Waals surface area contributed by atoms with Gasteiger partial charge in [-0.05, 0) is 44.4 Å². The molecule has 0 heterocycles. The molecule has 1 aromatic rings. The summed E-state index contributed by atoms with van der Waals surface area (Å²) >= 11 is 0. The average molecular weight is 251 g/mol. The quantitative estimate of drug-likeness (QED) is 0.883. The number of aliphatic hydroxyl groups excluding tert-OH is 1. The van der Waals surface area contributed by atoms with Crippen LogP contribution in [0.25, 0.3) is 0 Å². The van der Waals surface area contributed by atoms with Crippen molar-refractivity contribution in [2.75, 3.05) is 11.4 Å². The van der Waals surface area contributed by atoms with E-state index >= 15 is 0 Å². The molecule has 0 aromatic heterocycles. The summed E-state index contributed by atoms with van der Waals surface area (Å²) in [5.74, 6) is -0.220. The van der Waals surface area contributed by atoms with E-state index in [1.807, 2.05) is 6.07 Å². The number of aliphatic hydroxyl groups is 1. The van der Waals surface area contributed by atoms with E-state index in [4.69, 9.17) is 0 Å². The minimum Gasteiger partial charge on any atom is -0.389 e. The molecule has 0 aliphatic heterocycles. The molecule has 18 heavy (non-hydrogen) atoms. The predicted octanol–water partition coefficient (Wildman–Crippen LogP) is 3.65. The lowest BCUT2D eigenvalue weighted by atomic mass is 10.1. The van der Waals surface area contributed by atoms with Crippen LogP contribution in [0, 0.1) is 5.82 Å². The number of hydrogen-bond acceptors (Lipinski definition) is 2. The summed E-state index contributed by atoms with van der Waals surface area (Å²) in [6, 6.07) is 5.55. The third-order valence-corrected chi connectivity index (χ3v) is 3.87. The van der Waals surface area contributed by atoms with Crippen LogP contribution in [-0.4, -0.2) is 17.7 Å². The molecule has 1 aliphatic carbocycles. The van der Waals surface area contributed by atoms with Crippen molar-refractivity contribution in [1.29, 1.82) is 0 Å². The van der Waals surface area contributed by atoms with Crippen LogP contribution >= 0.6 is 0 Å². The zero-order valence-electron chi connectivity index (χ0n) is 11.2. The Morgan fingerprint density at radius 3 is 2.56 bits per heavy atom. The van der Waals surface area contributed by atoms with Gasteiger partial charge in [0.25, 0.3) is 0 Å². The van der Waals surface area contributed by atoms with Crippen molar-refractivity contribution in [1.82, 2.24) is 0 Å². The summed E-state index contributed by atoms with van der Waals surface area (Å²) < 4.78 is 14.1. The largest absolute Gasteiger partial charge is 0.389 e. The van der Waals surface area contributed by atoms with Crippen molar-refractivity contribution < 1.29 is 9.50 Å². The van der Waals surface area contributed by atoms with Gasteiger partial charge in [0.1, 0.15) is 5.82 Å². The van der Waals surface area contributed by atoms with Gasteiger partial charge in [0.2, 0.25) is 0 Å². The van der Waals surface area contributed by atoms with Crippen LogP contribution in [0.15, 0.2) is 18.2 Å². The van der Waals surface area contributed by atoms with E-state index < -0.39 is 6.10 Å². The van der Waals surface area contributed by atoms with E-state index in [9.17, 15) is 9.50 Å². The van der Waals surface area contributed by atoms with Crippen LogP contribution in [-0.2, 0) is 0 Å². The number of benzene rings is 1. The van der Waals surface area contributed by atoms with E-state index in [0.29, 0.717) is 17.3 Å². The molecule has 100 valence electrons. The fourth-order valence-corrected chi connectivity index (χ4v) is 2.86. The summed E-state index contributed by atoms with van der Waals surface area (Å²) in [5, 5.41) is 9.47. The van der Waals surface area contributed by atoms with Gasteiger partial charge in [-0.1, -0.05) is 18.9 Å². The van der Waals surface area contributed by atoms with E-state index in [0.717, 1.165) is 19.4 Å². The van der Waals surface area contributed by atoms with Crippen LogP contribution in [0.3, 0.4) is 0 Å². The Morgan fingerprint density at radius 1 is 1.39 bits per heavy atom.